The van der Waals surface area contributed by atoms with Crippen LogP contribution < -0.4 is 10.2 Å². The van der Waals surface area contributed by atoms with Gasteiger partial charge in [0.15, 0.2) is 0 Å². The van der Waals surface area contributed by atoms with E-state index in [1.54, 1.807) is 36.4 Å². The zero-order valence-electron chi connectivity index (χ0n) is 19.0. The van der Waals surface area contributed by atoms with Gasteiger partial charge in [-0.3, -0.25) is 24.2 Å². The molecule has 3 aromatic rings. The van der Waals surface area contributed by atoms with Crippen LogP contribution in [0.15, 0.2) is 70.2 Å². The second kappa shape index (κ2) is 9.16. The van der Waals surface area contributed by atoms with Gasteiger partial charge in [-0.05, 0) is 43.7 Å². The predicted molar refractivity (Wildman–Crippen MR) is 140 cm³/mol. The quantitative estimate of drug-likeness (QED) is 0.403. The first-order valence-electron chi connectivity index (χ1n) is 10.9. The third-order valence-electron chi connectivity index (χ3n) is 5.85. The molecule has 3 amide bonds. The second-order valence-electron chi connectivity index (χ2n) is 8.32. The fourth-order valence-electron chi connectivity index (χ4n) is 4.19. The van der Waals surface area contributed by atoms with Crippen molar-refractivity contribution in [3.63, 3.8) is 0 Å². The number of nitrogens with zero attached hydrogens (tertiary/aromatic N) is 2. The number of aryl methyl sites for hydroxylation is 2. The first-order chi connectivity index (χ1) is 16.8. The van der Waals surface area contributed by atoms with Crippen molar-refractivity contribution in [1.82, 2.24) is 4.90 Å². The number of nitrogens with one attached hydrogen (secondary N) is 1. The van der Waals surface area contributed by atoms with E-state index in [2.05, 4.69) is 5.32 Å². The Morgan fingerprint density at radius 1 is 1.03 bits per heavy atom. The summed E-state index contributed by atoms with van der Waals surface area (Å²) < 4.78 is 5.71. The third kappa shape index (κ3) is 4.28. The Hall–Kier alpha value is -3.69. The minimum Gasteiger partial charge on any atom is -0.467 e. The number of benzene rings is 2. The SMILES string of the molecule is Cc1ccc(NC(=O)CN2C(=O)/C(=C3\SC(=S)N(Cc4ccco4)C3=O)c3ccccc32)c(C)c1. The van der Waals surface area contributed by atoms with E-state index in [0.717, 1.165) is 22.9 Å². The number of amides is 3. The molecule has 1 N–H and O–H groups in total. The highest BCUT2D eigenvalue weighted by atomic mass is 32.2. The van der Waals surface area contributed by atoms with Crippen molar-refractivity contribution in [1.29, 1.82) is 0 Å². The molecule has 0 atom stereocenters. The Morgan fingerprint density at radius 3 is 2.57 bits per heavy atom. The number of carbonyl (C=O) groups is 3. The molecule has 0 bridgehead atoms. The van der Waals surface area contributed by atoms with Crippen molar-refractivity contribution in [3.8, 4) is 0 Å². The lowest BCUT2D eigenvalue weighted by atomic mass is 10.1. The van der Waals surface area contributed by atoms with Gasteiger partial charge >= 0.3 is 0 Å². The van der Waals surface area contributed by atoms with Crippen LogP contribution in [0, 0.1) is 13.8 Å². The van der Waals surface area contributed by atoms with Gasteiger partial charge in [-0.15, -0.1) is 0 Å². The fraction of sp³-hybridized carbons (Fsp3) is 0.154. The van der Waals surface area contributed by atoms with Gasteiger partial charge in [-0.25, -0.2) is 0 Å². The third-order valence-corrected chi connectivity index (χ3v) is 7.30. The normalized spacial score (nSPS) is 17.4. The number of rotatable bonds is 5. The van der Waals surface area contributed by atoms with E-state index in [1.807, 2.05) is 32.0 Å². The highest BCUT2D eigenvalue weighted by Gasteiger charge is 2.42. The zero-order chi connectivity index (χ0) is 24.7. The molecule has 1 fully saturated rings. The second-order valence-corrected chi connectivity index (χ2v) is 9.96. The van der Waals surface area contributed by atoms with Crippen LogP contribution in [0.5, 0.6) is 0 Å². The molecule has 0 aliphatic carbocycles. The van der Waals surface area contributed by atoms with E-state index in [0.29, 0.717) is 27.0 Å². The molecular formula is C26H21N3O4S2. The molecule has 9 heteroatoms. The van der Waals surface area contributed by atoms with Crippen molar-refractivity contribution in [2.45, 2.75) is 20.4 Å². The largest absolute Gasteiger partial charge is 0.467 e. The number of furan rings is 1. The monoisotopic (exact) mass is 503 g/mol. The first-order valence-corrected chi connectivity index (χ1v) is 12.1. The Morgan fingerprint density at radius 2 is 1.83 bits per heavy atom. The highest BCUT2D eigenvalue weighted by Crippen LogP contribution is 2.44. The summed E-state index contributed by atoms with van der Waals surface area (Å²) in [7, 11) is 0. The number of thiocarbonyl (C=S) groups is 1. The summed E-state index contributed by atoms with van der Waals surface area (Å²) >= 11 is 6.53. The Balaban J connectivity index is 1.43. The molecule has 35 heavy (non-hydrogen) atoms. The number of fused-ring (bicyclic) bond motifs is 1. The average molecular weight is 504 g/mol. The van der Waals surface area contributed by atoms with E-state index in [4.69, 9.17) is 16.6 Å². The average Bonchev–Trinajstić information content (AvgIpc) is 3.51. The van der Waals surface area contributed by atoms with Crippen molar-refractivity contribution < 1.29 is 18.8 Å². The minimum absolute atomic E-state index is 0.181. The van der Waals surface area contributed by atoms with Gasteiger partial charge in [-0.1, -0.05) is 59.9 Å². The lowest BCUT2D eigenvalue weighted by Crippen LogP contribution is -2.35. The summed E-state index contributed by atoms with van der Waals surface area (Å²) in [5, 5.41) is 2.89. The Kier molecular flexibility index (Phi) is 6.04. The van der Waals surface area contributed by atoms with Gasteiger partial charge in [0.25, 0.3) is 11.8 Å². The molecule has 2 aliphatic rings. The van der Waals surface area contributed by atoms with Gasteiger partial charge in [0.2, 0.25) is 5.91 Å². The number of para-hydroxylation sites is 1. The first kappa shape index (κ1) is 23.1. The van der Waals surface area contributed by atoms with Crippen LogP contribution in [0.3, 0.4) is 0 Å². The Bertz CT molecular complexity index is 1410. The van der Waals surface area contributed by atoms with Gasteiger partial charge in [-0.2, -0.15) is 0 Å². The number of hydrogen-bond donors (Lipinski definition) is 1. The Labute approximate surface area is 211 Å². The molecule has 2 aromatic carbocycles. The van der Waals surface area contributed by atoms with E-state index in [1.165, 1.54) is 16.1 Å². The van der Waals surface area contributed by atoms with Crippen LogP contribution >= 0.6 is 24.0 Å². The fourth-order valence-corrected chi connectivity index (χ4v) is 5.51. The van der Waals surface area contributed by atoms with Gasteiger partial charge in [0.1, 0.15) is 16.6 Å². The van der Waals surface area contributed by atoms with Crippen molar-refractivity contribution in [3.05, 3.63) is 88.2 Å². The molecule has 0 saturated carbocycles. The molecule has 176 valence electrons. The number of thioether (sulfide) groups is 1. The van der Waals surface area contributed by atoms with Crippen molar-refractivity contribution >= 4 is 63.0 Å². The van der Waals surface area contributed by atoms with Crippen LogP contribution in [-0.2, 0) is 20.9 Å². The summed E-state index contributed by atoms with van der Waals surface area (Å²) in [6.45, 7) is 3.91. The zero-order valence-corrected chi connectivity index (χ0v) is 20.7. The summed E-state index contributed by atoms with van der Waals surface area (Å²) in [5.74, 6) is -0.487. The van der Waals surface area contributed by atoms with E-state index in [-0.39, 0.29) is 35.4 Å². The van der Waals surface area contributed by atoms with Gasteiger partial charge in [0.05, 0.1) is 29.0 Å². The maximum Gasteiger partial charge on any atom is 0.267 e. The van der Waals surface area contributed by atoms with Crippen LogP contribution in [0.25, 0.3) is 5.57 Å². The molecule has 0 unspecified atom stereocenters. The van der Waals surface area contributed by atoms with Crippen LogP contribution in [0.1, 0.15) is 22.5 Å². The smallest absolute Gasteiger partial charge is 0.267 e. The van der Waals surface area contributed by atoms with E-state index in [9.17, 15) is 14.4 Å². The van der Waals surface area contributed by atoms with E-state index < -0.39 is 5.91 Å². The lowest BCUT2D eigenvalue weighted by molar-refractivity contribution is -0.123. The standard InChI is InChI=1S/C26H21N3O4S2/c1-15-9-10-19(16(2)12-15)27-21(30)14-28-20-8-4-3-7-18(20)22(24(28)31)23-25(32)29(26(34)35-23)13-17-6-5-11-33-17/h3-12H,13-14H2,1-2H3,(H,27,30)/b23-22-. The van der Waals surface area contributed by atoms with Crippen LogP contribution in [0.4, 0.5) is 11.4 Å². The molecule has 1 saturated heterocycles. The minimum atomic E-state index is -0.402. The van der Waals surface area contributed by atoms with Crippen molar-refractivity contribution in [2.75, 3.05) is 16.8 Å². The molecule has 7 nitrogen and oxygen atoms in total. The maximum absolute atomic E-state index is 13.6. The summed E-state index contributed by atoms with van der Waals surface area (Å²) in [4.78, 5) is 42.8. The lowest BCUT2D eigenvalue weighted by Gasteiger charge is -2.17. The van der Waals surface area contributed by atoms with Crippen LogP contribution in [-0.4, -0.2) is 33.5 Å². The molecule has 0 spiro atoms. The molecular weight excluding hydrogens is 482 g/mol. The highest BCUT2D eigenvalue weighted by molar-refractivity contribution is 8.26. The number of hydrogen-bond acceptors (Lipinski definition) is 6. The molecule has 1 aromatic heterocycles. The maximum atomic E-state index is 13.6. The summed E-state index contributed by atoms with van der Waals surface area (Å²) in [5.41, 5.74) is 4.18. The van der Waals surface area contributed by atoms with Gasteiger partial charge < -0.3 is 9.73 Å². The topological polar surface area (TPSA) is 82.9 Å². The molecule has 2 aliphatic heterocycles. The predicted octanol–water partition coefficient (Wildman–Crippen LogP) is 4.65. The molecule has 5 rings (SSSR count). The van der Waals surface area contributed by atoms with Crippen molar-refractivity contribution in [2.24, 2.45) is 0 Å². The summed E-state index contributed by atoms with van der Waals surface area (Å²) in [6, 6.07) is 16.4. The number of carbonyl (C=O) groups excluding carboxylic acids is 3. The summed E-state index contributed by atoms with van der Waals surface area (Å²) in [6.07, 6.45) is 1.53. The van der Waals surface area contributed by atoms with Crippen LogP contribution in [0.2, 0.25) is 0 Å². The number of anilines is 2. The molecule has 0 radical (unpaired) electrons. The van der Waals surface area contributed by atoms with E-state index >= 15 is 0 Å². The van der Waals surface area contributed by atoms with Gasteiger partial charge in [0, 0.05) is 11.3 Å². The molecule has 3 heterocycles.